The van der Waals surface area contributed by atoms with Gasteiger partial charge in [-0.1, -0.05) is 0 Å². The number of nitrogens with one attached hydrogen (secondary N) is 2. The third kappa shape index (κ3) is 3.12. The van der Waals surface area contributed by atoms with Crippen LogP contribution in [-0.2, 0) is 24.2 Å². The largest absolute Gasteiger partial charge is 0.362 e. The fraction of sp³-hybridized carbons (Fsp3) is 0.556. The van der Waals surface area contributed by atoms with Crippen LogP contribution in [0.2, 0.25) is 0 Å². The average Bonchev–Trinajstić information content (AvgIpc) is 3.14. The number of H-pyrrole nitrogens is 1. The minimum atomic E-state index is -0.384. The van der Waals surface area contributed by atoms with E-state index in [9.17, 15) is 4.79 Å². The number of carbonyl (C=O) groups is 1. The number of rotatable bonds is 3. The summed E-state index contributed by atoms with van der Waals surface area (Å²) >= 11 is 0. The number of fused-ring (bicyclic) bond motifs is 2. The molecule has 0 saturated heterocycles. The second kappa shape index (κ2) is 6.80. The van der Waals surface area contributed by atoms with E-state index in [1.54, 1.807) is 6.33 Å². The van der Waals surface area contributed by atoms with E-state index in [2.05, 4.69) is 20.3 Å². The van der Waals surface area contributed by atoms with Crippen molar-refractivity contribution >= 4 is 17.7 Å². The highest BCUT2D eigenvalue weighted by molar-refractivity contribution is 5.83. The molecule has 9 nitrogen and oxygen atoms in total. The van der Waals surface area contributed by atoms with Gasteiger partial charge < -0.3 is 25.0 Å². The number of nitrogens with zero attached hydrogens (tertiary/aromatic N) is 6. The van der Waals surface area contributed by atoms with Crippen LogP contribution in [0.5, 0.6) is 0 Å². The van der Waals surface area contributed by atoms with Crippen molar-refractivity contribution in [2.24, 2.45) is 0 Å². The van der Waals surface area contributed by atoms with Gasteiger partial charge in [-0.15, -0.1) is 0 Å². The normalized spacial score (nSPS) is 18.7. The molecule has 0 bridgehead atoms. The molecular formula is C18H26N8O. The summed E-state index contributed by atoms with van der Waals surface area (Å²) in [5.41, 5.74) is 3.93. The molecule has 0 spiro atoms. The van der Waals surface area contributed by atoms with Crippen LogP contribution in [0, 0.1) is 0 Å². The van der Waals surface area contributed by atoms with Crippen LogP contribution in [-0.4, -0.2) is 72.0 Å². The highest BCUT2D eigenvalue weighted by atomic mass is 16.2. The second-order valence-corrected chi connectivity index (χ2v) is 7.47. The van der Waals surface area contributed by atoms with Gasteiger partial charge in [0.1, 0.15) is 11.9 Å². The summed E-state index contributed by atoms with van der Waals surface area (Å²) < 4.78 is 0. The lowest BCUT2D eigenvalue weighted by atomic mass is 10.0. The van der Waals surface area contributed by atoms with Crippen LogP contribution in [0.25, 0.3) is 0 Å². The molecular weight excluding hydrogens is 344 g/mol. The molecule has 1 atom stereocenters. The number of aromatic amines is 1. The van der Waals surface area contributed by atoms with Crippen molar-refractivity contribution < 1.29 is 4.79 Å². The maximum atomic E-state index is 13.2. The van der Waals surface area contributed by atoms with Crippen molar-refractivity contribution in [1.29, 1.82) is 0 Å². The van der Waals surface area contributed by atoms with Gasteiger partial charge in [-0.25, -0.2) is 9.97 Å². The third-order valence-corrected chi connectivity index (χ3v) is 5.16. The van der Waals surface area contributed by atoms with Gasteiger partial charge in [0.15, 0.2) is 0 Å². The molecule has 2 aromatic rings. The molecule has 0 fully saturated rings. The Bertz CT molecular complexity index is 859. The highest BCUT2D eigenvalue weighted by Gasteiger charge is 2.34. The minimum absolute atomic E-state index is 0.0603. The molecule has 0 aliphatic carbocycles. The summed E-state index contributed by atoms with van der Waals surface area (Å²) in [6, 6.07) is -0.384. The van der Waals surface area contributed by atoms with E-state index in [0.29, 0.717) is 19.0 Å². The quantitative estimate of drug-likeness (QED) is 0.792. The SMILES string of the molecule is CN(C)c1nc2c(c(N(C)C)n1)CCN(C(=O)[C@H]1NCCc3[nH]cnc31)C2. The Labute approximate surface area is 158 Å². The van der Waals surface area contributed by atoms with Gasteiger partial charge in [0, 0.05) is 59.0 Å². The lowest BCUT2D eigenvalue weighted by Crippen LogP contribution is -2.46. The molecule has 2 aliphatic heterocycles. The summed E-state index contributed by atoms with van der Waals surface area (Å²) in [4.78, 5) is 35.9. The lowest BCUT2D eigenvalue weighted by Gasteiger charge is -2.34. The molecule has 144 valence electrons. The van der Waals surface area contributed by atoms with Crippen molar-refractivity contribution in [3.63, 3.8) is 0 Å². The zero-order chi connectivity index (χ0) is 19.1. The van der Waals surface area contributed by atoms with Crippen molar-refractivity contribution in [2.75, 3.05) is 51.1 Å². The predicted octanol–water partition coefficient (Wildman–Crippen LogP) is 0.103. The maximum Gasteiger partial charge on any atom is 0.246 e. The topological polar surface area (TPSA) is 93.3 Å². The van der Waals surface area contributed by atoms with Crippen molar-refractivity contribution in [3.8, 4) is 0 Å². The van der Waals surface area contributed by atoms with Gasteiger partial charge in [-0.2, -0.15) is 4.98 Å². The number of amides is 1. The van der Waals surface area contributed by atoms with Crippen LogP contribution in [0.3, 0.4) is 0 Å². The van der Waals surface area contributed by atoms with E-state index in [1.807, 2.05) is 42.9 Å². The van der Waals surface area contributed by atoms with Crippen LogP contribution in [0.1, 0.15) is 28.7 Å². The highest BCUT2D eigenvalue weighted by Crippen LogP contribution is 2.29. The van der Waals surface area contributed by atoms with Crippen LogP contribution < -0.4 is 15.1 Å². The Morgan fingerprint density at radius 3 is 2.74 bits per heavy atom. The van der Waals surface area contributed by atoms with Gasteiger partial charge in [0.25, 0.3) is 0 Å². The fourth-order valence-corrected chi connectivity index (χ4v) is 3.76. The third-order valence-electron chi connectivity index (χ3n) is 5.16. The summed E-state index contributed by atoms with van der Waals surface area (Å²) in [6.07, 6.45) is 3.29. The minimum Gasteiger partial charge on any atom is -0.362 e. The first kappa shape index (κ1) is 17.7. The Morgan fingerprint density at radius 2 is 2.00 bits per heavy atom. The second-order valence-electron chi connectivity index (χ2n) is 7.47. The van der Waals surface area contributed by atoms with E-state index >= 15 is 0 Å². The molecule has 1 amide bonds. The molecule has 0 saturated carbocycles. The Morgan fingerprint density at radius 1 is 1.19 bits per heavy atom. The van der Waals surface area contributed by atoms with E-state index in [-0.39, 0.29) is 11.9 Å². The van der Waals surface area contributed by atoms with E-state index < -0.39 is 0 Å². The number of anilines is 2. The first-order valence-corrected chi connectivity index (χ1v) is 9.24. The maximum absolute atomic E-state index is 13.2. The van der Waals surface area contributed by atoms with Crippen LogP contribution in [0.15, 0.2) is 6.33 Å². The van der Waals surface area contributed by atoms with Gasteiger partial charge >= 0.3 is 0 Å². The zero-order valence-corrected chi connectivity index (χ0v) is 16.3. The Kier molecular flexibility index (Phi) is 4.47. The number of hydrogen-bond donors (Lipinski definition) is 2. The number of hydrogen-bond acceptors (Lipinski definition) is 7. The van der Waals surface area contributed by atoms with Crippen LogP contribution in [0.4, 0.5) is 11.8 Å². The summed E-state index contributed by atoms with van der Waals surface area (Å²) in [7, 11) is 7.84. The molecule has 2 N–H and O–H groups in total. The van der Waals surface area contributed by atoms with Gasteiger partial charge in [0.05, 0.1) is 24.3 Å². The van der Waals surface area contributed by atoms with E-state index in [4.69, 9.17) is 4.98 Å². The molecule has 27 heavy (non-hydrogen) atoms. The predicted molar refractivity (Wildman–Crippen MR) is 103 cm³/mol. The van der Waals surface area contributed by atoms with E-state index in [1.165, 1.54) is 0 Å². The molecule has 0 aromatic carbocycles. The monoisotopic (exact) mass is 370 g/mol. The molecule has 2 aromatic heterocycles. The molecule has 9 heteroatoms. The van der Waals surface area contributed by atoms with E-state index in [0.717, 1.165) is 47.8 Å². The Hall–Kier alpha value is -2.68. The van der Waals surface area contributed by atoms with Gasteiger partial charge in [0.2, 0.25) is 11.9 Å². The first-order chi connectivity index (χ1) is 13.0. The molecule has 4 heterocycles. The number of carbonyl (C=O) groups excluding carboxylic acids is 1. The van der Waals surface area contributed by atoms with Gasteiger partial charge in [-0.05, 0) is 6.42 Å². The molecule has 2 aliphatic rings. The fourth-order valence-electron chi connectivity index (χ4n) is 3.76. The van der Waals surface area contributed by atoms with Gasteiger partial charge in [-0.3, -0.25) is 4.79 Å². The lowest BCUT2D eigenvalue weighted by molar-refractivity contribution is -0.134. The smallest absolute Gasteiger partial charge is 0.246 e. The average molecular weight is 370 g/mol. The molecule has 0 radical (unpaired) electrons. The standard InChI is InChI=1S/C18H26N8O/c1-24(2)16-11-6-8-26(9-13(11)22-18(23-16)25(3)4)17(27)15-14-12(5-7-19-15)20-10-21-14/h10,15,19H,5-9H2,1-4H3,(H,20,21)/t15-/m0/s1. The van der Waals surface area contributed by atoms with Crippen molar-refractivity contribution in [2.45, 2.75) is 25.4 Å². The van der Waals surface area contributed by atoms with Crippen LogP contribution >= 0.6 is 0 Å². The van der Waals surface area contributed by atoms with Crippen molar-refractivity contribution in [1.82, 2.24) is 30.2 Å². The molecule has 0 unspecified atom stereocenters. The first-order valence-electron chi connectivity index (χ1n) is 9.24. The summed E-state index contributed by atoms with van der Waals surface area (Å²) in [5.74, 6) is 1.66. The summed E-state index contributed by atoms with van der Waals surface area (Å²) in [6.45, 7) is 1.93. The van der Waals surface area contributed by atoms with Crippen molar-refractivity contribution in [3.05, 3.63) is 29.0 Å². The molecule has 4 rings (SSSR count). The zero-order valence-electron chi connectivity index (χ0n) is 16.3. The number of imidazole rings is 1. The number of aromatic nitrogens is 4. The Balaban J connectivity index is 1.63. The summed E-state index contributed by atoms with van der Waals surface area (Å²) in [5, 5.41) is 3.32.